The molecule has 0 amide bonds. The number of nitrogens with zero attached hydrogens (tertiary/aromatic N) is 1. The summed E-state index contributed by atoms with van der Waals surface area (Å²) < 4.78 is 3.31. The Balaban J connectivity index is 2.62. The van der Waals surface area contributed by atoms with E-state index in [1.165, 1.54) is 21.8 Å². The van der Waals surface area contributed by atoms with Gasteiger partial charge < -0.3 is 4.57 Å². The van der Waals surface area contributed by atoms with Gasteiger partial charge in [0.05, 0.1) is 11.0 Å². The minimum Gasteiger partial charge on any atom is -0.314 e. The van der Waals surface area contributed by atoms with E-state index in [0.29, 0.717) is 0 Å². The predicted molar refractivity (Wildman–Crippen MR) is 78.1 cm³/mol. The Morgan fingerprint density at radius 2 is 1.76 bits per heavy atom. The molecule has 0 aliphatic carbocycles. The molecule has 1 aromatic heterocycles. The van der Waals surface area contributed by atoms with Crippen LogP contribution in [0.5, 0.6) is 0 Å². The van der Waals surface area contributed by atoms with E-state index in [1.54, 1.807) is 0 Å². The highest BCUT2D eigenvalue weighted by Gasteiger charge is 2.10. The molecule has 2 aromatic carbocycles. The molecule has 0 fully saturated rings. The van der Waals surface area contributed by atoms with Gasteiger partial charge >= 0.3 is 0 Å². The van der Waals surface area contributed by atoms with Crippen LogP contribution < -0.4 is 0 Å². The van der Waals surface area contributed by atoms with E-state index < -0.39 is 0 Å². The van der Waals surface area contributed by atoms with Gasteiger partial charge in [0, 0.05) is 20.9 Å². The molecule has 0 aliphatic rings. The van der Waals surface area contributed by atoms with Gasteiger partial charge in [0.2, 0.25) is 0 Å². The van der Waals surface area contributed by atoms with E-state index in [0.717, 1.165) is 10.2 Å². The number of hydrogen-bond acceptors (Lipinski definition) is 0. The summed E-state index contributed by atoms with van der Waals surface area (Å²) in [7, 11) is 0. The van der Waals surface area contributed by atoms with Crippen LogP contribution >= 0.6 is 15.9 Å². The summed E-state index contributed by atoms with van der Waals surface area (Å²) in [6.07, 6.45) is 0. The number of fused-ring (bicyclic) bond motifs is 3. The first-order valence-corrected chi connectivity index (χ1v) is 6.32. The maximum absolute atomic E-state index is 4.07. The fourth-order valence-corrected chi connectivity index (χ4v) is 2.72. The van der Waals surface area contributed by atoms with E-state index >= 15 is 0 Å². The Hall–Kier alpha value is -1.54. The molecule has 0 unspecified atom stereocenters. The second kappa shape index (κ2) is 3.74. The van der Waals surface area contributed by atoms with E-state index in [-0.39, 0.29) is 0 Å². The highest BCUT2D eigenvalue weighted by atomic mass is 79.9. The molecule has 0 atom stereocenters. The minimum absolute atomic E-state index is 1.04. The number of benzene rings is 2. The van der Waals surface area contributed by atoms with Gasteiger partial charge in [-0.2, -0.15) is 0 Å². The van der Waals surface area contributed by atoms with Crippen LogP contribution in [0.1, 0.15) is 6.92 Å². The molecule has 17 heavy (non-hydrogen) atoms. The summed E-state index contributed by atoms with van der Waals surface area (Å²) in [4.78, 5) is 0. The largest absolute Gasteiger partial charge is 0.314 e. The Bertz CT molecular complexity index is 737. The van der Waals surface area contributed by atoms with Crippen LogP contribution in [0.2, 0.25) is 0 Å². The van der Waals surface area contributed by atoms with Crippen LogP contribution in [0.4, 0.5) is 0 Å². The van der Waals surface area contributed by atoms with Crippen molar-refractivity contribution in [2.45, 2.75) is 6.92 Å². The third kappa shape index (κ3) is 1.52. The molecule has 0 aliphatic heterocycles. The molecule has 0 spiro atoms. The Morgan fingerprint density at radius 3 is 2.53 bits per heavy atom. The lowest BCUT2D eigenvalue weighted by molar-refractivity contribution is 1.21. The molecule has 0 radical (unpaired) electrons. The summed E-state index contributed by atoms with van der Waals surface area (Å²) in [6, 6.07) is 14.8. The molecule has 0 N–H and O–H groups in total. The average molecular weight is 286 g/mol. The van der Waals surface area contributed by atoms with Crippen molar-refractivity contribution in [1.29, 1.82) is 0 Å². The minimum atomic E-state index is 1.04. The maximum Gasteiger partial charge on any atom is 0.0538 e. The second-order valence-electron chi connectivity index (χ2n) is 4.25. The van der Waals surface area contributed by atoms with Crippen LogP contribution in [0.25, 0.3) is 27.5 Å². The quantitative estimate of drug-likeness (QED) is 0.590. The molecule has 1 nitrogen and oxygen atoms in total. The Labute approximate surface area is 108 Å². The summed E-state index contributed by atoms with van der Waals surface area (Å²) in [5, 5.41) is 2.53. The van der Waals surface area contributed by atoms with Gasteiger partial charge in [0.1, 0.15) is 0 Å². The molecule has 0 saturated carbocycles. The number of hydrogen-bond donors (Lipinski definition) is 0. The van der Waals surface area contributed by atoms with Crippen molar-refractivity contribution >= 4 is 43.4 Å². The number of allylic oxidation sites excluding steroid dienone is 1. The lowest BCUT2D eigenvalue weighted by Gasteiger charge is -2.05. The van der Waals surface area contributed by atoms with Gasteiger partial charge in [-0.15, -0.1) is 0 Å². The van der Waals surface area contributed by atoms with E-state index in [2.05, 4.69) is 69.5 Å². The van der Waals surface area contributed by atoms with Gasteiger partial charge in [-0.05, 0) is 31.2 Å². The molecule has 0 bridgehead atoms. The smallest absolute Gasteiger partial charge is 0.0538 e. The zero-order chi connectivity index (χ0) is 12.0. The summed E-state index contributed by atoms with van der Waals surface area (Å²) >= 11 is 3.53. The monoisotopic (exact) mass is 285 g/mol. The normalized spacial score (nSPS) is 11.2. The number of aromatic nitrogens is 1. The molecular weight excluding hydrogens is 274 g/mol. The highest BCUT2D eigenvalue weighted by Crippen LogP contribution is 2.32. The van der Waals surface area contributed by atoms with Crippen molar-refractivity contribution in [3.05, 3.63) is 53.5 Å². The molecular formula is C15H12BrN. The first-order valence-electron chi connectivity index (χ1n) is 5.53. The van der Waals surface area contributed by atoms with Gasteiger partial charge in [-0.3, -0.25) is 0 Å². The first kappa shape index (κ1) is 10.6. The van der Waals surface area contributed by atoms with E-state index in [1.807, 2.05) is 6.92 Å². The zero-order valence-electron chi connectivity index (χ0n) is 9.57. The summed E-state index contributed by atoms with van der Waals surface area (Å²) in [5.74, 6) is 0. The van der Waals surface area contributed by atoms with Crippen molar-refractivity contribution in [1.82, 2.24) is 4.57 Å². The highest BCUT2D eigenvalue weighted by molar-refractivity contribution is 9.10. The van der Waals surface area contributed by atoms with Crippen molar-refractivity contribution in [3.63, 3.8) is 0 Å². The fourth-order valence-electron chi connectivity index (χ4n) is 2.36. The number of rotatable bonds is 1. The third-order valence-corrected chi connectivity index (χ3v) is 3.51. The Kier molecular flexibility index (Phi) is 2.33. The number of para-hydroxylation sites is 1. The van der Waals surface area contributed by atoms with Crippen molar-refractivity contribution in [3.8, 4) is 0 Å². The molecule has 3 rings (SSSR count). The fraction of sp³-hybridized carbons (Fsp3) is 0.0667. The van der Waals surface area contributed by atoms with E-state index in [4.69, 9.17) is 0 Å². The molecule has 1 heterocycles. The zero-order valence-corrected chi connectivity index (χ0v) is 11.2. The lowest BCUT2D eigenvalue weighted by Crippen LogP contribution is -1.90. The van der Waals surface area contributed by atoms with Gasteiger partial charge in [0.25, 0.3) is 0 Å². The molecule has 2 heteroatoms. The second-order valence-corrected chi connectivity index (χ2v) is 5.16. The van der Waals surface area contributed by atoms with E-state index in [9.17, 15) is 0 Å². The van der Waals surface area contributed by atoms with Crippen LogP contribution in [0, 0.1) is 0 Å². The lowest BCUT2D eigenvalue weighted by atomic mass is 10.2. The topological polar surface area (TPSA) is 4.93 Å². The number of halogens is 1. The van der Waals surface area contributed by atoms with Crippen LogP contribution in [0.3, 0.4) is 0 Å². The third-order valence-electron chi connectivity index (χ3n) is 3.02. The van der Waals surface area contributed by atoms with Crippen molar-refractivity contribution < 1.29 is 0 Å². The standard InChI is InChI=1S/C15H12BrN/c1-10(2)17-14-6-4-3-5-12(14)13-9-11(16)7-8-15(13)17/h3-9H,1H2,2H3. The van der Waals surface area contributed by atoms with Crippen LogP contribution in [-0.4, -0.2) is 4.57 Å². The average Bonchev–Trinajstić information content (AvgIpc) is 2.63. The predicted octanol–water partition coefficient (Wildman–Crippen LogP) is 5.05. The van der Waals surface area contributed by atoms with Gasteiger partial charge in [-0.1, -0.05) is 40.7 Å². The first-order chi connectivity index (χ1) is 8.18. The van der Waals surface area contributed by atoms with Crippen molar-refractivity contribution in [2.24, 2.45) is 0 Å². The SMILES string of the molecule is C=C(C)n1c2ccccc2c2cc(Br)ccc21. The van der Waals surface area contributed by atoms with Crippen LogP contribution in [0.15, 0.2) is 53.5 Å². The molecule has 84 valence electrons. The summed E-state index contributed by atoms with van der Waals surface area (Å²) in [5.41, 5.74) is 3.47. The van der Waals surface area contributed by atoms with Gasteiger partial charge in [-0.25, -0.2) is 0 Å². The Morgan fingerprint density at radius 1 is 1.06 bits per heavy atom. The molecule has 0 saturated heterocycles. The maximum atomic E-state index is 4.07. The van der Waals surface area contributed by atoms with Crippen molar-refractivity contribution in [2.75, 3.05) is 0 Å². The summed E-state index contributed by atoms with van der Waals surface area (Å²) in [6.45, 7) is 6.11. The molecule has 3 aromatic rings. The van der Waals surface area contributed by atoms with Gasteiger partial charge in [0.15, 0.2) is 0 Å². The van der Waals surface area contributed by atoms with Crippen LogP contribution in [-0.2, 0) is 0 Å².